The van der Waals surface area contributed by atoms with Gasteiger partial charge in [0.15, 0.2) is 11.5 Å². The van der Waals surface area contributed by atoms with Gasteiger partial charge in [-0.1, -0.05) is 59.7 Å². The zero-order valence-electron chi connectivity index (χ0n) is 16.8. The number of aromatic nitrogens is 4. The zero-order valence-corrected chi connectivity index (χ0v) is 16.8. The summed E-state index contributed by atoms with van der Waals surface area (Å²) in [5.41, 5.74) is 1.23. The van der Waals surface area contributed by atoms with Crippen molar-refractivity contribution in [2.75, 3.05) is 0 Å². The van der Waals surface area contributed by atoms with Crippen LogP contribution in [0.25, 0.3) is 16.9 Å². The van der Waals surface area contributed by atoms with Gasteiger partial charge in [-0.2, -0.15) is 0 Å². The molecule has 27 heavy (non-hydrogen) atoms. The number of para-hydroxylation sites is 1. The van der Waals surface area contributed by atoms with E-state index in [-0.39, 0.29) is 5.41 Å². The summed E-state index contributed by atoms with van der Waals surface area (Å²) in [5.74, 6) is 0.865. The van der Waals surface area contributed by atoms with Crippen molar-refractivity contribution in [1.82, 2.24) is 19.5 Å². The van der Waals surface area contributed by atoms with Crippen LogP contribution in [0.1, 0.15) is 65.4 Å². The van der Waals surface area contributed by atoms with Gasteiger partial charge >= 0.3 is 0 Å². The Morgan fingerprint density at radius 1 is 0.852 bits per heavy atom. The van der Waals surface area contributed by atoms with Crippen LogP contribution in [0.3, 0.4) is 0 Å². The average molecular weight is 368 g/mol. The molecule has 2 N–H and O–H groups in total. The Labute approximate surface area is 159 Å². The quantitative estimate of drug-likeness (QED) is 0.731. The highest BCUT2D eigenvalue weighted by atomic mass is 16.3. The lowest BCUT2D eigenvalue weighted by Gasteiger charge is -2.26. The highest BCUT2D eigenvalue weighted by molar-refractivity contribution is 5.73. The molecule has 0 fully saturated rings. The molecule has 6 heteroatoms. The smallest absolute Gasteiger partial charge is 0.168 e. The average Bonchev–Trinajstić information content (AvgIpc) is 2.97. The van der Waals surface area contributed by atoms with Crippen LogP contribution in [0.15, 0.2) is 36.5 Å². The summed E-state index contributed by atoms with van der Waals surface area (Å²) in [6.45, 7) is 11.7. The van der Waals surface area contributed by atoms with Crippen molar-refractivity contribution in [2.45, 2.75) is 53.8 Å². The molecule has 0 spiro atoms. The van der Waals surface area contributed by atoms with Gasteiger partial charge in [0.25, 0.3) is 0 Å². The minimum atomic E-state index is -0.808. The fraction of sp³-hybridized carbons (Fsp3) is 0.476. The molecule has 0 aliphatic carbocycles. The molecule has 0 radical (unpaired) electrons. The van der Waals surface area contributed by atoms with E-state index < -0.39 is 17.6 Å². The van der Waals surface area contributed by atoms with Crippen LogP contribution in [-0.2, 0) is 0 Å². The van der Waals surface area contributed by atoms with Crippen molar-refractivity contribution in [2.24, 2.45) is 10.8 Å². The molecule has 2 atom stereocenters. The van der Waals surface area contributed by atoms with Gasteiger partial charge in [0.2, 0.25) is 0 Å². The number of benzene rings is 1. The number of aliphatic hydroxyl groups is 2. The molecule has 0 aliphatic rings. The normalized spacial score (nSPS) is 15.1. The molecule has 3 aromatic rings. The lowest BCUT2D eigenvalue weighted by atomic mass is 9.88. The van der Waals surface area contributed by atoms with E-state index in [1.54, 1.807) is 6.20 Å². The van der Waals surface area contributed by atoms with Gasteiger partial charge in [-0.15, -0.1) is 0 Å². The molecule has 0 saturated heterocycles. The Bertz CT molecular complexity index is 936. The van der Waals surface area contributed by atoms with E-state index in [1.807, 2.05) is 76.4 Å². The van der Waals surface area contributed by atoms with Gasteiger partial charge in [0.1, 0.15) is 23.5 Å². The summed E-state index contributed by atoms with van der Waals surface area (Å²) in [4.78, 5) is 13.6. The van der Waals surface area contributed by atoms with E-state index in [2.05, 4.69) is 15.0 Å². The van der Waals surface area contributed by atoms with Gasteiger partial charge in [-0.05, 0) is 23.0 Å². The monoisotopic (exact) mass is 368 g/mol. The van der Waals surface area contributed by atoms with Gasteiger partial charge in [-0.25, -0.2) is 15.0 Å². The van der Waals surface area contributed by atoms with Gasteiger partial charge in [-0.3, -0.25) is 4.57 Å². The standard InChI is InChI=1S/C21H28N4O2/c1-20(2,3)15(26)17-22-12-14-18(24-17)25(13-10-8-7-9-11-13)19(23-14)16(27)21(4,5)6/h7-12,15-16,26-27H,1-6H3. The maximum Gasteiger partial charge on any atom is 0.168 e. The van der Waals surface area contributed by atoms with Crippen LogP contribution >= 0.6 is 0 Å². The second-order valence-electron chi connectivity index (χ2n) is 9.12. The first-order valence-electron chi connectivity index (χ1n) is 9.17. The highest BCUT2D eigenvalue weighted by Crippen LogP contribution is 2.36. The van der Waals surface area contributed by atoms with Crippen LogP contribution in [0.4, 0.5) is 0 Å². The molecule has 0 saturated carbocycles. The Hall–Kier alpha value is -2.31. The summed E-state index contributed by atoms with van der Waals surface area (Å²) >= 11 is 0. The fourth-order valence-corrected chi connectivity index (χ4v) is 2.83. The van der Waals surface area contributed by atoms with E-state index in [0.717, 1.165) is 5.69 Å². The number of aliphatic hydroxyl groups excluding tert-OH is 2. The number of hydrogen-bond donors (Lipinski definition) is 2. The molecule has 0 bridgehead atoms. The van der Waals surface area contributed by atoms with Crippen molar-refractivity contribution in [3.8, 4) is 5.69 Å². The second kappa shape index (κ2) is 6.69. The summed E-state index contributed by atoms with van der Waals surface area (Å²) in [7, 11) is 0. The van der Waals surface area contributed by atoms with Crippen LogP contribution in [-0.4, -0.2) is 29.7 Å². The predicted octanol–water partition coefficient (Wildman–Crippen LogP) is 3.97. The molecule has 2 unspecified atom stereocenters. The van der Waals surface area contributed by atoms with Gasteiger partial charge in [0, 0.05) is 5.69 Å². The van der Waals surface area contributed by atoms with E-state index in [9.17, 15) is 10.2 Å². The van der Waals surface area contributed by atoms with Crippen LogP contribution in [0, 0.1) is 10.8 Å². The summed E-state index contributed by atoms with van der Waals surface area (Å²) in [6, 6.07) is 9.69. The predicted molar refractivity (Wildman–Crippen MR) is 105 cm³/mol. The lowest BCUT2D eigenvalue weighted by Crippen LogP contribution is -2.22. The topological polar surface area (TPSA) is 84.1 Å². The SMILES string of the molecule is CC(C)(C)C(O)c1ncc2nc(C(O)C(C)(C)C)n(-c3ccccc3)c2n1. The highest BCUT2D eigenvalue weighted by Gasteiger charge is 2.31. The number of nitrogens with zero attached hydrogens (tertiary/aromatic N) is 4. The molecule has 0 aliphatic heterocycles. The Kier molecular flexibility index (Phi) is 4.82. The maximum absolute atomic E-state index is 10.9. The molecule has 3 rings (SSSR count). The van der Waals surface area contributed by atoms with Gasteiger partial charge < -0.3 is 10.2 Å². The third-order valence-electron chi connectivity index (χ3n) is 4.59. The van der Waals surface area contributed by atoms with Crippen molar-refractivity contribution >= 4 is 11.2 Å². The minimum Gasteiger partial charge on any atom is -0.385 e. The molecular weight excluding hydrogens is 340 g/mol. The first-order chi connectivity index (χ1) is 12.5. The lowest BCUT2D eigenvalue weighted by molar-refractivity contribution is 0.0537. The van der Waals surface area contributed by atoms with Crippen molar-refractivity contribution in [1.29, 1.82) is 0 Å². The molecule has 1 aromatic carbocycles. The first kappa shape index (κ1) is 19.5. The number of hydrogen-bond acceptors (Lipinski definition) is 5. The van der Waals surface area contributed by atoms with Crippen molar-refractivity contribution in [3.63, 3.8) is 0 Å². The number of fused-ring (bicyclic) bond motifs is 1. The Morgan fingerprint density at radius 3 is 2.00 bits per heavy atom. The summed E-state index contributed by atoms with van der Waals surface area (Å²) in [5, 5.41) is 21.5. The Balaban J connectivity index is 2.28. The van der Waals surface area contributed by atoms with Crippen molar-refractivity contribution in [3.05, 3.63) is 48.2 Å². The molecular formula is C21H28N4O2. The fourth-order valence-electron chi connectivity index (χ4n) is 2.83. The summed E-state index contributed by atoms with van der Waals surface area (Å²) in [6.07, 6.45) is 0.0187. The number of imidazole rings is 1. The van der Waals surface area contributed by atoms with Crippen molar-refractivity contribution < 1.29 is 10.2 Å². The second-order valence-corrected chi connectivity index (χ2v) is 9.12. The van der Waals surface area contributed by atoms with Gasteiger partial charge in [0.05, 0.1) is 6.20 Å². The molecule has 6 nitrogen and oxygen atoms in total. The third-order valence-corrected chi connectivity index (χ3v) is 4.59. The van der Waals surface area contributed by atoms with Crippen LogP contribution in [0.2, 0.25) is 0 Å². The maximum atomic E-state index is 10.9. The molecule has 144 valence electrons. The molecule has 2 aromatic heterocycles. The molecule has 0 amide bonds. The molecule has 2 heterocycles. The third kappa shape index (κ3) is 3.73. The largest absolute Gasteiger partial charge is 0.385 e. The first-order valence-corrected chi connectivity index (χ1v) is 9.17. The zero-order chi connectivity index (χ0) is 20.0. The van der Waals surface area contributed by atoms with E-state index in [0.29, 0.717) is 22.8 Å². The van der Waals surface area contributed by atoms with Crippen LogP contribution < -0.4 is 0 Å². The van der Waals surface area contributed by atoms with Crippen LogP contribution in [0.5, 0.6) is 0 Å². The van der Waals surface area contributed by atoms with E-state index in [4.69, 9.17) is 0 Å². The summed E-state index contributed by atoms with van der Waals surface area (Å²) < 4.78 is 1.85. The Morgan fingerprint density at radius 2 is 1.44 bits per heavy atom. The minimum absolute atomic E-state index is 0.351. The van der Waals surface area contributed by atoms with E-state index >= 15 is 0 Å². The number of rotatable bonds is 3. The van der Waals surface area contributed by atoms with E-state index in [1.165, 1.54) is 0 Å².